The Balaban J connectivity index is 1.63. The number of benzene rings is 1. The molecule has 3 rings (SSSR count). The summed E-state index contributed by atoms with van der Waals surface area (Å²) in [7, 11) is 6.52. The zero-order chi connectivity index (χ0) is 21.5. The van der Waals surface area contributed by atoms with E-state index in [1.54, 1.807) is 40.6 Å². The van der Waals surface area contributed by atoms with E-state index in [2.05, 4.69) is 20.6 Å². The van der Waals surface area contributed by atoms with Crippen LogP contribution in [0.4, 0.5) is 10.2 Å². The number of pyridine rings is 1. The molecule has 0 amide bonds. The Morgan fingerprint density at radius 3 is 2.57 bits per heavy atom. The molecule has 0 aliphatic carbocycles. The number of guanidine groups is 1. The molecule has 9 heteroatoms. The lowest BCUT2D eigenvalue weighted by molar-refractivity contribution is 0.368. The van der Waals surface area contributed by atoms with Gasteiger partial charge in [0.25, 0.3) is 0 Å². The predicted molar refractivity (Wildman–Crippen MR) is 114 cm³/mol. The zero-order valence-corrected chi connectivity index (χ0v) is 17.7. The van der Waals surface area contributed by atoms with Crippen molar-refractivity contribution in [1.82, 2.24) is 15.6 Å². The highest BCUT2D eigenvalue weighted by atomic mass is 19.1. The second-order valence-corrected chi connectivity index (χ2v) is 6.82. The first-order valence-electron chi connectivity index (χ1n) is 9.71. The van der Waals surface area contributed by atoms with E-state index in [1.165, 1.54) is 6.07 Å². The Labute approximate surface area is 176 Å². The molecular weight excluding hydrogens is 389 g/mol. The van der Waals surface area contributed by atoms with Gasteiger partial charge in [-0.25, -0.2) is 9.37 Å². The number of anilines is 1. The number of aliphatic imine (C=N–C) groups is 1. The van der Waals surface area contributed by atoms with Gasteiger partial charge in [0.2, 0.25) is 0 Å². The number of nitrogens with zero attached hydrogens (tertiary/aromatic N) is 3. The van der Waals surface area contributed by atoms with Crippen molar-refractivity contribution < 1.29 is 18.6 Å². The fraction of sp³-hybridized carbons (Fsp3) is 0.429. The first-order valence-corrected chi connectivity index (χ1v) is 9.71. The highest BCUT2D eigenvalue weighted by Crippen LogP contribution is 2.33. The molecule has 8 nitrogen and oxygen atoms in total. The molecule has 30 heavy (non-hydrogen) atoms. The van der Waals surface area contributed by atoms with Crippen LogP contribution in [-0.4, -0.2) is 58.5 Å². The molecular formula is C21H28FN5O3. The van der Waals surface area contributed by atoms with Gasteiger partial charge in [-0.1, -0.05) is 0 Å². The topological polar surface area (TPSA) is 80.2 Å². The van der Waals surface area contributed by atoms with Gasteiger partial charge in [0, 0.05) is 44.5 Å². The minimum atomic E-state index is -0.306. The molecule has 1 atom stereocenters. The number of aromatic nitrogens is 1. The van der Waals surface area contributed by atoms with E-state index >= 15 is 0 Å². The third-order valence-corrected chi connectivity index (χ3v) is 5.04. The molecule has 2 aromatic rings. The Bertz CT molecular complexity index is 868. The van der Waals surface area contributed by atoms with Gasteiger partial charge >= 0.3 is 0 Å². The summed E-state index contributed by atoms with van der Waals surface area (Å²) in [5.74, 6) is 2.70. The molecule has 2 N–H and O–H groups in total. The van der Waals surface area contributed by atoms with Gasteiger partial charge in [0.15, 0.2) is 17.6 Å². The van der Waals surface area contributed by atoms with Crippen LogP contribution < -0.4 is 29.7 Å². The van der Waals surface area contributed by atoms with Gasteiger partial charge in [-0.3, -0.25) is 4.99 Å². The van der Waals surface area contributed by atoms with Gasteiger partial charge in [-0.05, 0) is 18.6 Å². The maximum Gasteiger partial charge on any atom is 0.191 e. The van der Waals surface area contributed by atoms with Crippen LogP contribution in [-0.2, 0) is 6.54 Å². The fourth-order valence-electron chi connectivity index (χ4n) is 3.49. The lowest BCUT2D eigenvalue weighted by Crippen LogP contribution is -2.44. The summed E-state index contributed by atoms with van der Waals surface area (Å²) < 4.78 is 30.3. The number of ether oxygens (including phenoxy) is 3. The lowest BCUT2D eigenvalue weighted by Gasteiger charge is -2.21. The van der Waals surface area contributed by atoms with Crippen LogP contribution in [0.3, 0.4) is 0 Å². The van der Waals surface area contributed by atoms with E-state index in [1.807, 2.05) is 17.0 Å². The van der Waals surface area contributed by atoms with Crippen LogP contribution in [0.15, 0.2) is 35.5 Å². The quantitative estimate of drug-likeness (QED) is 0.528. The molecule has 1 unspecified atom stereocenters. The van der Waals surface area contributed by atoms with E-state index in [-0.39, 0.29) is 11.9 Å². The van der Waals surface area contributed by atoms with Crippen molar-refractivity contribution in [2.75, 3.05) is 46.4 Å². The number of hydrogen-bond donors (Lipinski definition) is 2. The van der Waals surface area contributed by atoms with E-state index in [0.717, 1.165) is 18.5 Å². The van der Waals surface area contributed by atoms with Gasteiger partial charge in [-0.15, -0.1) is 0 Å². The number of methoxy groups -OCH3 is 3. The van der Waals surface area contributed by atoms with Gasteiger partial charge in [-0.2, -0.15) is 0 Å². The molecule has 0 radical (unpaired) electrons. The van der Waals surface area contributed by atoms with Crippen molar-refractivity contribution in [1.29, 1.82) is 0 Å². The SMILES string of the molecule is CN=C(NCc1c(OC)cc(OC)cc1OC)NC1CCN(c2ncccc2F)C1. The average Bonchev–Trinajstić information content (AvgIpc) is 3.24. The van der Waals surface area contributed by atoms with E-state index in [9.17, 15) is 4.39 Å². The predicted octanol–water partition coefficient (Wildman–Crippen LogP) is 2.19. The minimum Gasteiger partial charge on any atom is -0.496 e. The smallest absolute Gasteiger partial charge is 0.191 e. The summed E-state index contributed by atoms with van der Waals surface area (Å²) in [5.41, 5.74) is 0.854. The maximum absolute atomic E-state index is 14.0. The monoisotopic (exact) mass is 417 g/mol. The van der Waals surface area contributed by atoms with Crippen LogP contribution in [0.1, 0.15) is 12.0 Å². The first kappa shape index (κ1) is 21.5. The number of rotatable bonds is 7. The summed E-state index contributed by atoms with van der Waals surface area (Å²) in [4.78, 5) is 10.4. The summed E-state index contributed by atoms with van der Waals surface area (Å²) in [6.45, 7) is 1.81. The van der Waals surface area contributed by atoms with Gasteiger partial charge < -0.3 is 29.7 Å². The average molecular weight is 417 g/mol. The Kier molecular flexibility index (Phi) is 7.16. The van der Waals surface area contributed by atoms with Gasteiger partial charge in [0.05, 0.1) is 33.4 Å². The summed E-state index contributed by atoms with van der Waals surface area (Å²) in [6.07, 6.45) is 2.46. The standard InChI is InChI=1S/C21H28FN5O3/c1-23-21(25-12-16-18(29-3)10-15(28-2)11-19(16)30-4)26-14-7-9-27(13-14)20-17(22)6-5-8-24-20/h5-6,8,10-11,14H,7,9,12-13H2,1-4H3,(H2,23,25,26). The molecule has 1 aromatic carbocycles. The van der Waals surface area contributed by atoms with Gasteiger partial charge in [0.1, 0.15) is 17.2 Å². The first-order chi connectivity index (χ1) is 14.6. The number of hydrogen-bond acceptors (Lipinski definition) is 6. The van der Waals surface area contributed by atoms with E-state index < -0.39 is 0 Å². The van der Waals surface area contributed by atoms with Crippen molar-refractivity contribution in [3.8, 4) is 17.2 Å². The highest BCUT2D eigenvalue weighted by Gasteiger charge is 2.26. The van der Waals surface area contributed by atoms with Crippen LogP contribution in [0.2, 0.25) is 0 Å². The molecule has 1 aromatic heterocycles. The Hall–Kier alpha value is -3.23. The Morgan fingerprint density at radius 1 is 1.23 bits per heavy atom. The third-order valence-electron chi connectivity index (χ3n) is 5.04. The van der Waals surface area contributed by atoms with Crippen LogP contribution in [0.5, 0.6) is 17.2 Å². The third kappa shape index (κ3) is 4.84. The molecule has 1 saturated heterocycles. The molecule has 0 saturated carbocycles. The maximum atomic E-state index is 14.0. The van der Waals surface area contributed by atoms with Crippen LogP contribution in [0, 0.1) is 5.82 Å². The van der Waals surface area contributed by atoms with Crippen molar-refractivity contribution in [2.24, 2.45) is 4.99 Å². The van der Waals surface area contributed by atoms with Crippen LogP contribution in [0.25, 0.3) is 0 Å². The molecule has 2 heterocycles. The molecule has 0 spiro atoms. The lowest BCUT2D eigenvalue weighted by atomic mass is 10.1. The Morgan fingerprint density at radius 2 is 1.97 bits per heavy atom. The van der Waals surface area contributed by atoms with Crippen molar-refractivity contribution in [3.63, 3.8) is 0 Å². The summed E-state index contributed by atoms with van der Waals surface area (Å²) in [6, 6.07) is 6.77. The molecule has 1 aliphatic heterocycles. The summed E-state index contributed by atoms with van der Waals surface area (Å²) in [5, 5.41) is 6.69. The minimum absolute atomic E-state index is 0.122. The van der Waals surface area contributed by atoms with Crippen molar-refractivity contribution >= 4 is 11.8 Å². The largest absolute Gasteiger partial charge is 0.496 e. The molecule has 1 fully saturated rings. The van der Waals surface area contributed by atoms with Crippen LogP contribution >= 0.6 is 0 Å². The van der Waals surface area contributed by atoms with Crippen molar-refractivity contribution in [2.45, 2.75) is 19.0 Å². The zero-order valence-electron chi connectivity index (χ0n) is 17.7. The second-order valence-electron chi connectivity index (χ2n) is 6.82. The van der Waals surface area contributed by atoms with Crippen molar-refractivity contribution in [3.05, 3.63) is 41.8 Å². The molecule has 0 bridgehead atoms. The fourth-order valence-corrected chi connectivity index (χ4v) is 3.49. The van der Waals surface area contributed by atoms with E-state index in [0.29, 0.717) is 42.1 Å². The second kappa shape index (κ2) is 10.00. The van der Waals surface area contributed by atoms with E-state index in [4.69, 9.17) is 14.2 Å². The normalized spacial score (nSPS) is 16.4. The summed E-state index contributed by atoms with van der Waals surface area (Å²) >= 11 is 0. The molecule has 162 valence electrons. The highest BCUT2D eigenvalue weighted by molar-refractivity contribution is 5.80. The number of nitrogens with one attached hydrogen (secondary N) is 2. The number of halogens is 1. The molecule has 1 aliphatic rings.